The number of anilines is 1. The highest BCUT2D eigenvalue weighted by molar-refractivity contribution is 5.95. The molecule has 2 aromatic rings. The highest BCUT2D eigenvalue weighted by atomic mass is 19.2. The summed E-state index contributed by atoms with van der Waals surface area (Å²) in [6, 6.07) is 11.5. The van der Waals surface area contributed by atoms with Crippen LogP contribution in [0.3, 0.4) is 0 Å². The van der Waals surface area contributed by atoms with Gasteiger partial charge >= 0.3 is 0 Å². The van der Waals surface area contributed by atoms with Crippen molar-refractivity contribution < 1.29 is 13.6 Å². The largest absolute Gasteiger partial charge is 0.326 e. The Labute approximate surface area is 133 Å². The average molecular weight is 316 g/mol. The SMILES string of the molecule is CNCc1cccc(NC(=O)[C@@H]2C[C@H]2c2ccc(F)c(F)c2)c1. The van der Waals surface area contributed by atoms with Gasteiger partial charge in [-0.2, -0.15) is 0 Å². The van der Waals surface area contributed by atoms with Crippen LogP contribution in [-0.2, 0) is 11.3 Å². The lowest BCUT2D eigenvalue weighted by Gasteiger charge is -2.07. The van der Waals surface area contributed by atoms with Crippen LogP contribution in [0.1, 0.15) is 23.5 Å². The number of carbonyl (C=O) groups is 1. The number of amides is 1. The zero-order valence-electron chi connectivity index (χ0n) is 12.8. The van der Waals surface area contributed by atoms with Crippen molar-refractivity contribution in [2.45, 2.75) is 18.9 Å². The normalized spacial score (nSPS) is 19.4. The highest BCUT2D eigenvalue weighted by Crippen LogP contribution is 2.48. The number of halogens is 2. The van der Waals surface area contributed by atoms with Crippen LogP contribution in [0, 0.1) is 17.6 Å². The molecule has 1 aliphatic rings. The summed E-state index contributed by atoms with van der Waals surface area (Å²) in [4.78, 5) is 12.3. The number of rotatable bonds is 5. The number of carbonyl (C=O) groups excluding carboxylic acids is 1. The van der Waals surface area contributed by atoms with Crippen LogP contribution in [0.2, 0.25) is 0 Å². The van der Waals surface area contributed by atoms with Crippen molar-refractivity contribution in [3.63, 3.8) is 0 Å². The van der Waals surface area contributed by atoms with Crippen molar-refractivity contribution >= 4 is 11.6 Å². The number of benzene rings is 2. The van der Waals surface area contributed by atoms with E-state index in [1.807, 2.05) is 31.3 Å². The molecule has 0 aromatic heterocycles. The predicted molar refractivity (Wildman–Crippen MR) is 85.0 cm³/mol. The fraction of sp³-hybridized carbons (Fsp3) is 0.278. The van der Waals surface area contributed by atoms with E-state index in [9.17, 15) is 13.6 Å². The van der Waals surface area contributed by atoms with Gasteiger partial charge in [-0.3, -0.25) is 4.79 Å². The minimum absolute atomic E-state index is 0.0365. The molecule has 5 heteroatoms. The van der Waals surface area contributed by atoms with E-state index in [0.29, 0.717) is 12.0 Å². The van der Waals surface area contributed by atoms with Gasteiger partial charge in [-0.15, -0.1) is 0 Å². The molecule has 120 valence electrons. The first-order valence-corrected chi connectivity index (χ1v) is 7.58. The lowest BCUT2D eigenvalue weighted by Crippen LogP contribution is -2.15. The maximum absolute atomic E-state index is 13.3. The topological polar surface area (TPSA) is 41.1 Å². The van der Waals surface area contributed by atoms with Gasteiger partial charge in [0.05, 0.1) is 0 Å². The molecule has 1 saturated carbocycles. The van der Waals surface area contributed by atoms with E-state index in [2.05, 4.69) is 10.6 Å². The molecule has 1 aliphatic carbocycles. The van der Waals surface area contributed by atoms with E-state index < -0.39 is 11.6 Å². The molecule has 3 nitrogen and oxygen atoms in total. The van der Waals surface area contributed by atoms with Crippen LogP contribution < -0.4 is 10.6 Å². The second-order valence-electron chi connectivity index (χ2n) is 5.84. The van der Waals surface area contributed by atoms with Crippen molar-refractivity contribution in [2.24, 2.45) is 5.92 Å². The molecule has 0 heterocycles. The van der Waals surface area contributed by atoms with Gasteiger partial charge in [-0.05, 0) is 54.8 Å². The first-order chi connectivity index (χ1) is 11.1. The lowest BCUT2D eigenvalue weighted by atomic mass is 10.1. The van der Waals surface area contributed by atoms with E-state index in [1.165, 1.54) is 6.07 Å². The van der Waals surface area contributed by atoms with Gasteiger partial charge < -0.3 is 10.6 Å². The number of nitrogens with one attached hydrogen (secondary N) is 2. The summed E-state index contributed by atoms with van der Waals surface area (Å²) >= 11 is 0. The molecule has 2 atom stereocenters. The molecular formula is C18H18F2N2O. The molecule has 1 amide bonds. The van der Waals surface area contributed by atoms with E-state index in [0.717, 1.165) is 23.9 Å². The molecule has 1 fully saturated rings. The third-order valence-corrected chi connectivity index (χ3v) is 4.07. The van der Waals surface area contributed by atoms with Crippen LogP contribution in [0.4, 0.5) is 14.5 Å². The standard InChI is InChI=1S/C18H18F2N2O/c1-21-10-11-3-2-4-13(7-11)22-18(23)15-9-14(15)12-5-6-16(19)17(20)8-12/h2-8,14-15,21H,9-10H2,1H3,(H,22,23)/t14-,15+/m0/s1. The highest BCUT2D eigenvalue weighted by Gasteiger charge is 2.44. The molecular weight excluding hydrogens is 298 g/mol. The molecule has 23 heavy (non-hydrogen) atoms. The second kappa shape index (κ2) is 6.46. The lowest BCUT2D eigenvalue weighted by molar-refractivity contribution is -0.117. The van der Waals surface area contributed by atoms with Crippen LogP contribution in [0.15, 0.2) is 42.5 Å². The van der Waals surface area contributed by atoms with E-state index in [-0.39, 0.29) is 17.7 Å². The second-order valence-corrected chi connectivity index (χ2v) is 5.84. The molecule has 0 unspecified atom stereocenters. The maximum Gasteiger partial charge on any atom is 0.228 e. The molecule has 0 spiro atoms. The van der Waals surface area contributed by atoms with Gasteiger partial charge in [0.2, 0.25) is 5.91 Å². The van der Waals surface area contributed by atoms with Crippen molar-refractivity contribution in [2.75, 3.05) is 12.4 Å². The van der Waals surface area contributed by atoms with Gasteiger partial charge in [-0.1, -0.05) is 18.2 Å². The fourth-order valence-electron chi connectivity index (χ4n) is 2.79. The third-order valence-electron chi connectivity index (χ3n) is 4.07. The van der Waals surface area contributed by atoms with Crippen LogP contribution in [-0.4, -0.2) is 13.0 Å². The van der Waals surface area contributed by atoms with Gasteiger partial charge in [0.1, 0.15) is 0 Å². The Hall–Kier alpha value is -2.27. The van der Waals surface area contributed by atoms with Gasteiger partial charge in [-0.25, -0.2) is 8.78 Å². The Morgan fingerprint density at radius 1 is 1.17 bits per heavy atom. The quantitative estimate of drug-likeness (QED) is 0.887. The molecule has 2 N–H and O–H groups in total. The molecule has 2 aromatic carbocycles. The minimum Gasteiger partial charge on any atom is -0.326 e. The molecule has 3 rings (SSSR count). The van der Waals surface area contributed by atoms with Gasteiger partial charge in [0, 0.05) is 18.2 Å². The van der Waals surface area contributed by atoms with E-state index in [1.54, 1.807) is 6.07 Å². The zero-order chi connectivity index (χ0) is 16.4. The van der Waals surface area contributed by atoms with Crippen molar-refractivity contribution in [3.05, 3.63) is 65.2 Å². The summed E-state index contributed by atoms with van der Waals surface area (Å²) in [6.45, 7) is 0.727. The fourth-order valence-corrected chi connectivity index (χ4v) is 2.79. The van der Waals surface area contributed by atoms with E-state index in [4.69, 9.17) is 0 Å². The van der Waals surface area contributed by atoms with Crippen molar-refractivity contribution in [1.29, 1.82) is 0 Å². The summed E-state index contributed by atoms with van der Waals surface area (Å²) in [5.74, 6) is -2.04. The smallest absolute Gasteiger partial charge is 0.228 e. The third kappa shape index (κ3) is 3.56. The Morgan fingerprint density at radius 3 is 2.74 bits per heavy atom. The first kappa shape index (κ1) is 15.6. The molecule has 0 aliphatic heterocycles. The summed E-state index contributed by atoms with van der Waals surface area (Å²) < 4.78 is 26.2. The van der Waals surface area contributed by atoms with Crippen LogP contribution in [0.5, 0.6) is 0 Å². The average Bonchev–Trinajstić information content (AvgIpc) is 3.31. The summed E-state index contributed by atoms with van der Waals surface area (Å²) in [6.07, 6.45) is 0.660. The first-order valence-electron chi connectivity index (χ1n) is 7.58. The van der Waals surface area contributed by atoms with Gasteiger partial charge in [0.25, 0.3) is 0 Å². The molecule has 0 bridgehead atoms. The maximum atomic E-state index is 13.3. The van der Waals surface area contributed by atoms with Gasteiger partial charge in [0.15, 0.2) is 11.6 Å². The minimum atomic E-state index is -0.867. The van der Waals surface area contributed by atoms with Crippen molar-refractivity contribution in [3.8, 4) is 0 Å². The zero-order valence-corrected chi connectivity index (χ0v) is 12.8. The van der Waals surface area contributed by atoms with Crippen LogP contribution >= 0.6 is 0 Å². The summed E-state index contributed by atoms with van der Waals surface area (Å²) in [5.41, 5.74) is 2.50. The Kier molecular flexibility index (Phi) is 4.39. The number of hydrogen-bond acceptors (Lipinski definition) is 2. The summed E-state index contributed by atoms with van der Waals surface area (Å²) in [5, 5.41) is 5.95. The Balaban J connectivity index is 1.64. The van der Waals surface area contributed by atoms with Crippen LogP contribution in [0.25, 0.3) is 0 Å². The molecule has 0 saturated heterocycles. The Morgan fingerprint density at radius 2 is 2.00 bits per heavy atom. The van der Waals surface area contributed by atoms with E-state index >= 15 is 0 Å². The van der Waals surface area contributed by atoms with Crippen molar-refractivity contribution in [1.82, 2.24) is 5.32 Å². The monoisotopic (exact) mass is 316 g/mol. The Bertz CT molecular complexity index is 733. The molecule has 0 radical (unpaired) electrons. The number of hydrogen-bond donors (Lipinski definition) is 2. The predicted octanol–water partition coefficient (Wildman–Crippen LogP) is 3.43. The summed E-state index contributed by atoms with van der Waals surface area (Å²) in [7, 11) is 1.86.